The maximum Gasteiger partial charge on any atom is 0.255 e. The standard InChI is InChI=1S/C22H19N3O3/c1-2-14-27-18-11-7-15(8-12-18)20(26)24-17-9-5-16(6-10-17)21-25-19-4-3-13-23-22(19)28-21/h3-13H,2,14H2,1H3,(H,24,26). The van der Waals surface area contributed by atoms with E-state index in [1.807, 2.05) is 43.3 Å². The second-order valence-electron chi connectivity index (χ2n) is 6.25. The highest BCUT2D eigenvalue weighted by atomic mass is 16.5. The lowest BCUT2D eigenvalue weighted by atomic mass is 10.1. The third kappa shape index (κ3) is 3.86. The zero-order valence-corrected chi connectivity index (χ0v) is 15.4. The predicted octanol–water partition coefficient (Wildman–Crippen LogP) is 4.93. The fourth-order valence-electron chi connectivity index (χ4n) is 2.72. The molecule has 0 aliphatic carbocycles. The lowest BCUT2D eigenvalue weighted by molar-refractivity contribution is 0.102. The van der Waals surface area contributed by atoms with Crippen molar-refractivity contribution in [3.05, 3.63) is 72.4 Å². The Morgan fingerprint density at radius 1 is 1.07 bits per heavy atom. The smallest absolute Gasteiger partial charge is 0.255 e. The summed E-state index contributed by atoms with van der Waals surface area (Å²) in [5.41, 5.74) is 3.28. The molecule has 2 aromatic carbocycles. The first-order chi connectivity index (χ1) is 13.7. The predicted molar refractivity (Wildman–Crippen MR) is 107 cm³/mol. The summed E-state index contributed by atoms with van der Waals surface area (Å²) in [4.78, 5) is 21.0. The van der Waals surface area contributed by atoms with Gasteiger partial charge in [0, 0.05) is 23.0 Å². The lowest BCUT2D eigenvalue weighted by Gasteiger charge is -2.07. The van der Waals surface area contributed by atoms with E-state index in [9.17, 15) is 4.79 Å². The van der Waals surface area contributed by atoms with E-state index in [0.717, 1.165) is 17.7 Å². The van der Waals surface area contributed by atoms with E-state index in [1.165, 1.54) is 0 Å². The average Bonchev–Trinajstić information content (AvgIpc) is 3.17. The van der Waals surface area contributed by atoms with E-state index in [2.05, 4.69) is 15.3 Å². The third-order valence-electron chi connectivity index (χ3n) is 4.15. The first kappa shape index (κ1) is 17.7. The van der Waals surface area contributed by atoms with E-state index in [1.54, 1.807) is 30.5 Å². The molecule has 6 heteroatoms. The highest BCUT2D eigenvalue weighted by Gasteiger charge is 2.10. The molecule has 2 aromatic heterocycles. The Morgan fingerprint density at radius 3 is 2.57 bits per heavy atom. The van der Waals surface area contributed by atoms with Crippen LogP contribution in [0, 0.1) is 0 Å². The van der Waals surface area contributed by atoms with Gasteiger partial charge in [-0.25, -0.2) is 9.97 Å². The maximum atomic E-state index is 12.4. The summed E-state index contributed by atoms with van der Waals surface area (Å²) in [5.74, 6) is 1.07. The van der Waals surface area contributed by atoms with Crippen LogP contribution in [0.15, 0.2) is 71.3 Å². The molecule has 4 aromatic rings. The van der Waals surface area contributed by atoms with Gasteiger partial charge in [0.25, 0.3) is 5.91 Å². The first-order valence-electron chi connectivity index (χ1n) is 9.09. The number of pyridine rings is 1. The van der Waals surface area contributed by atoms with Crippen LogP contribution in [-0.2, 0) is 0 Å². The molecule has 0 aliphatic rings. The van der Waals surface area contributed by atoms with E-state index in [4.69, 9.17) is 9.15 Å². The van der Waals surface area contributed by atoms with E-state index < -0.39 is 0 Å². The van der Waals surface area contributed by atoms with Crippen LogP contribution in [0.4, 0.5) is 5.69 Å². The van der Waals surface area contributed by atoms with Crippen molar-refractivity contribution in [3.8, 4) is 17.2 Å². The number of hydrogen-bond donors (Lipinski definition) is 1. The normalized spacial score (nSPS) is 10.8. The quantitative estimate of drug-likeness (QED) is 0.518. The molecule has 0 radical (unpaired) electrons. The molecular formula is C22H19N3O3. The summed E-state index contributed by atoms with van der Waals surface area (Å²) in [7, 11) is 0. The van der Waals surface area contributed by atoms with Crippen LogP contribution in [0.5, 0.6) is 5.75 Å². The Hall–Kier alpha value is -3.67. The molecule has 0 atom stereocenters. The van der Waals surface area contributed by atoms with Crippen molar-refractivity contribution in [1.82, 2.24) is 9.97 Å². The summed E-state index contributed by atoms with van der Waals surface area (Å²) >= 11 is 0. The summed E-state index contributed by atoms with van der Waals surface area (Å²) in [6, 6.07) is 18.1. The molecule has 0 unspecified atom stereocenters. The summed E-state index contributed by atoms with van der Waals surface area (Å²) in [6.45, 7) is 2.71. The number of hydrogen-bond acceptors (Lipinski definition) is 5. The van der Waals surface area contributed by atoms with Crippen LogP contribution in [-0.4, -0.2) is 22.5 Å². The number of oxazole rings is 1. The fourth-order valence-corrected chi connectivity index (χ4v) is 2.72. The summed E-state index contributed by atoms with van der Waals surface area (Å²) in [5, 5.41) is 2.88. The number of aromatic nitrogens is 2. The van der Waals surface area contributed by atoms with Gasteiger partial charge in [0.2, 0.25) is 11.6 Å². The molecule has 0 bridgehead atoms. The molecule has 0 spiro atoms. The molecule has 0 fully saturated rings. The molecular weight excluding hydrogens is 354 g/mol. The van der Waals surface area contributed by atoms with Crippen molar-refractivity contribution in [2.75, 3.05) is 11.9 Å². The van der Waals surface area contributed by atoms with E-state index in [-0.39, 0.29) is 5.91 Å². The number of ether oxygens (including phenoxy) is 1. The van der Waals surface area contributed by atoms with Crippen molar-refractivity contribution in [2.24, 2.45) is 0 Å². The topological polar surface area (TPSA) is 77.2 Å². The maximum absolute atomic E-state index is 12.4. The zero-order chi connectivity index (χ0) is 19.3. The number of carbonyl (C=O) groups is 1. The van der Waals surface area contributed by atoms with Gasteiger partial charge in [0.1, 0.15) is 11.3 Å². The van der Waals surface area contributed by atoms with Crippen LogP contribution in [0.1, 0.15) is 23.7 Å². The van der Waals surface area contributed by atoms with Gasteiger partial charge in [-0.1, -0.05) is 6.92 Å². The van der Waals surface area contributed by atoms with Gasteiger partial charge in [0.05, 0.1) is 6.61 Å². The minimum atomic E-state index is -0.180. The van der Waals surface area contributed by atoms with Crippen LogP contribution in [0.25, 0.3) is 22.7 Å². The van der Waals surface area contributed by atoms with Gasteiger partial charge in [-0.2, -0.15) is 0 Å². The molecule has 140 valence electrons. The van der Waals surface area contributed by atoms with Crippen LogP contribution in [0.3, 0.4) is 0 Å². The number of nitrogens with zero attached hydrogens (tertiary/aromatic N) is 2. The highest BCUT2D eigenvalue weighted by molar-refractivity contribution is 6.04. The number of rotatable bonds is 6. The van der Waals surface area contributed by atoms with Gasteiger partial charge < -0.3 is 14.5 Å². The molecule has 1 N–H and O–H groups in total. The van der Waals surface area contributed by atoms with Gasteiger partial charge in [-0.3, -0.25) is 4.79 Å². The first-order valence-corrected chi connectivity index (χ1v) is 9.09. The van der Waals surface area contributed by atoms with Crippen molar-refractivity contribution >= 4 is 22.8 Å². The van der Waals surface area contributed by atoms with Crippen LogP contribution in [0.2, 0.25) is 0 Å². The molecule has 0 saturated heterocycles. The van der Waals surface area contributed by atoms with Crippen molar-refractivity contribution in [1.29, 1.82) is 0 Å². The molecule has 6 nitrogen and oxygen atoms in total. The monoisotopic (exact) mass is 373 g/mol. The Kier molecular flexibility index (Phi) is 5.01. The van der Waals surface area contributed by atoms with E-state index in [0.29, 0.717) is 35.0 Å². The second kappa shape index (κ2) is 7.92. The van der Waals surface area contributed by atoms with Gasteiger partial charge >= 0.3 is 0 Å². The van der Waals surface area contributed by atoms with Gasteiger partial charge in [-0.15, -0.1) is 0 Å². The number of fused-ring (bicyclic) bond motifs is 1. The molecule has 1 amide bonds. The van der Waals surface area contributed by atoms with Crippen LogP contribution >= 0.6 is 0 Å². The zero-order valence-electron chi connectivity index (χ0n) is 15.4. The Balaban J connectivity index is 1.44. The fraction of sp³-hybridized carbons (Fsp3) is 0.136. The molecule has 28 heavy (non-hydrogen) atoms. The molecule has 0 aliphatic heterocycles. The minimum absolute atomic E-state index is 0.180. The van der Waals surface area contributed by atoms with Gasteiger partial charge in [0.15, 0.2) is 0 Å². The highest BCUT2D eigenvalue weighted by Crippen LogP contribution is 2.24. The minimum Gasteiger partial charge on any atom is -0.494 e. The van der Waals surface area contributed by atoms with Gasteiger partial charge in [-0.05, 0) is 67.1 Å². The Labute approximate surface area is 162 Å². The summed E-state index contributed by atoms with van der Waals surface area (Å²) < 4.78 is 11.2. The number of nitrogens with one attached hydrogen (secondary N) is 1. The Morgan fingerprint density at radius 2 is 1.86 bits per heavy atom. The third-order valence-corrected chi connectivity index (χ3v) is 4.15. The van der Waals surface area contributed by atoms with Crippen molar-refractivity contribution in [3.63, 3.8) is 0 Å². The molecule has 4 rings (SSSR count). The molecule has 2 heterocycles. The Bertz CT molecular complexity index is 1050. The van der Waals surface area contributed by atoms with Crippen molar-refractivity contribution in [2.45, 2.75) is 13.3 Å². The van der Waals surface area contributed by atoms with Crippen molar-refractivity contribution < 1.29 is 13.9 Å². The average molecular weight is 373 g/mol. The van der Waals surface area contributed by atoms with Crippen LogP contribution < -0.4 is 10.1 Å². The molecule has 0 saturated carbocycles. The largest absolute Gasteiger partial charge is 0.494 e. The second-order valence-corrected chi connectivity index (χ2v) is 6.25. The number of amides is 1. The number of carbonyl (C=O) groups excluding carboxylic acids is 1. The lowest BCUT2D eigenvalue weighted by Crippen LogP contribution is -2.11. The van der Waals surface area contributed by atoms with E-state index >= 15 is 0 Å². The SMILES string of the molecule is CCCOc1ccc(C(=O)Nc2ccc(-c3nc4cccnc4o3)cc2)cc1. The number of benzene rings is 2. The summed E-state index contributed by atoms with van der Waals surface area (Å²) in [6.07, 6.45) is 2.61. The number of anilines is 1.